The quantitative estimate of drug-likeness (QED) is 0.828. The average molecular weight is 314 g/mol. The highest BCUT2D eigenvalue weighted by atomic mass is 32.2. The van der Waals surface area contributed by atoms with E-state index in [0.717, 1.165) is 4.90 Å². The van der Waals surface area contributed by atoms with Crippen LogP contribution in [0.25, 0.3) is 0 Å². The van der Waals surface area contributed by atoms with Crippen molar-refractivity contribution in [2.45, 2.75) is 18.3 Å². The van der Waals surface area contributed by atoms with E-state index in [0.29, 0.717) is 6.54 Å². The topological polar surface area (TPSA) is 69.6 Å². The van der Waals surface area contributed by atoms with Gasteiger partial charge in [-0.25, -0.2) is 4.79 Å². The third kappa shape index (κ3) is 4.19. The van der Waals surface area contributed by atoms with Crippen LogP contribution in [-0.2, 0) is 4.79 Å². The molecule has 0 aliphatic carbocycles. The number of carbonyl (C=O) groups excluding carboxylic acids is 1. The molecule has 1 fully saturated rings. The first-order valence-electron chi connectivity index (χ1n) is 6.02. The fourth-order valence-corrected chi connectivity index (χ4v) is 2.23. The van der Waals surface area contributed by atoms with Crippen LogP contribution in [0.3, 0.4) is 0 Å². The molecular formula is C11H17F3N2O3S. The molecule has 1 saturated heterocycles. The Morgan fingerprint density at radius 2 is 2.05 bits per heavy atom. The van der Waals surface area contributed by atoms with E-state index < -0.39 is 43.1 Å². The lowest BCUT2D eigenvalue weighted by molar-refractivity contribution is -0.187. The molecular weight excluding hydrogens is 297 g/mol. The van der Waals surface area contributed by atoms with Crippen LogP contribution in [0.2, 0.25) is 0 Å². The molecule has 3 atom stereocenters. The summed E-state index contributed by atoms with van der Waals surface area (Å²) in [5.41, 5.74) is 0. The molecule has 1 unspecified atom stereocenters. The number of nitrogens with zero attached hydrogens (tertiary/aromatic N) is 1. The minimum absolute atomic E-state index is 0.134. The van der Waals surface area contributed by atoms with Crippen molar-refractivity contribution in [3.05, 3.63) is 0 Å². The number of carboxylic acid groups (broad SMARTS) is 1. The maximum atomic E-state index is 12.8. The summed E-state index contributed by atoms with van der Waals surface area (Å²) in [5.74, 6) is -5.14. The smallest absolute Gasteiger partial charge is 0.394 e. The Hall–Kier alpha value is -1.12. The van der Waals surface area contributed by atoms with E-state index in [-0.39, 0.29) is 5.25 Å². The Bertz CT molecular complexity index is 378. The Morgan fingerprint density at radius 1 is 1.45 bits per heavy atom. The van der Waals surface area contributed by atoms with E-state index in [1.165, 1.54) is 11.8 Å². The summed E-state index contributed by atoms with van der Waals surface area (Å²) in [5, 5.41) is 11.5. The number of likely N-dealkylation sites (tertiary alicyclic amines) is 1. The van der Waals surface area contributed by atoms with E-state index in [1.54, 1.807) is 0 Å². The highest BCUT2D eigenvalue weighted by molar-refractivity contribution is 7.99. The van der Waals surface area contributed by atoms with Crippen molar-refractivity contribution >= 4 is 23.8 Å². The molecule has 5 nitrogen and oxygen atoms in total. The number of hydrogen-bond acceptors (Lipinski definition) is 3. The zero-order chi connectivity index (χ0) is 15.5. The van der Waals surface area contributed by atoms with Crippen molar-refractivity contribution in [2.24, 2.45) is 11.8 Å². The van der Waals surface area contributed by atoms with Gasteiger partial charge < -0.3 is 15.3 Å². The first-order chi connectivity index (χ1) is 9.16. The van der Waals surface area contributed by atoms with Gasteiger partial charge in [0.2, 0.25) is 0 Å². The van der Waals surface area contributed by atoms with Gasteiger partial charge >= 0.3 is 18.2 Å². The summed E-state index contributed by atoms with van der Waals surface area (Å²) in [6.07, 6.45) is -2.77. The lowest BCUT2D eigenvalue weighted by atomic mass is 9.96. The summed E-state index contributed by atoms with van der Waals surface area (Å²) in [6, 6.07) is -0.649. The number of urea groups is 1. The largest absolute Gasteiger partial charge is 0.481 e. The Morgan fingerprint density at radius 3 is 2.45 bits per heavy atom. The van der Waals surface area contributed by atoms with E-state index in [1.807, 2.05) is 13.2 Å². The van der Waals surface area contributed by atoms with Crippen molar-refractivity contribution in [3.8, 4) is 0 Å². The van der Waals surface area contributed by atoms with E-state index >= 15 is 0 Å². The van der Waals surface area contributed by atoms with Crippen LogP contribution in [0.4, 0.5) is 18.0 Å². The predicted octanol–water partition coefficient (Wildman–Crippen LogP) is 1.64. The zero-order valence-corrected chi connectivity index (χ0v) is 11.9. The summed E-state index contributed by atoms with van der Waals surface area (Å²) in [4.78, 5) is 23.5. The summed E-state index contributed by atoms with van der Waals surface area (Å²) >= 11 is 1.51. The minimum Gasteiger partial charge on any atom is -0.481 e. The van der Waals surface area contributed by atoms with Gasteiger partial charge in [-0.15, -0.1) is 0 Å². The van der Waals surface area contributed by atoms with Crippen molar-refractivity contribution in [3.63, 3.8) is 0 Å². The monoisotopic (exact) mass is 314 g/mol. The molecule has 20 heavy (non-hydrogen) atoms. The number of alkyl halides is 3. The highest BCUT2D eigenvalue weighted by Gasteiger charge is 2.53. The molecule has 0 bridgehead atoms. The van der Waals surface area contributed by atoms with E-state index in [9.17, 15) is 22.8 Å². The molecule has 0 radical (unpaired) electrons. The van der Waals surface area contributed by atoms with Gasteiger partial charge in [-0.2, -0.15) is 24.9 Å². The van der Waals surface area contributed by atoms with E-state index in [4.69, 9.17) is 5.11 Å². The number of amides is 2. The summed E-state index contributed by atoms with van der Waals surface area (Å²) in [7, 11) is 0. The minimum atomic E-state index is -4.62. The fraction of sp³-hybridized carbons (Fsp3) is 0.818. The third-order valence-electron chi connectivity index (χ3n) is 3.29. The second-order valence-electron chi connectivity index (χ2n) is 4.73. The van der Waals surface area contributed by atoms with Gasteiger partial charge in [0, 0.05) is 24.9 Å². The number of carbonyl (C=O) groups is 2. The van der Waals surface area contributed by atoms with Crippen molar-refractivity contribution in [2.75, 3.05) is 25.9 Å². The number of halogens is 3. The van der Waals surface area contributed by atoms with Crippen LogP contribution in [-0.4, -0.2) is 59.3 Å². The number of aliphatic carboxylic acids is 1. The Balaban J connectivity index is 2.66. The van der Waals surface area contributed by atoms with Crippen molar-refractivity contribution < 1.29 is 27.9 Å². The van der Waals surface area contributed by atoms with Crippen molar-refractivity contribution in [1.29, 1.82) is 0 Å². The van der Waals surface area contributed by atoms with Gasteiger partial charge in [-0.1, -0.05) is 6.92 Å². The first kappa shape index (κ1) is 16.9. The Labute approximate surface area is 118 Å². The third-order valence-corrected chi connectivity index (χ3v) is 4.26. The zero-order valence-electron chi connectivity index (χ0n) is 11.1. The first-order valence-corrected chi connectivity index (χ1v) is 7.30. The van der Waals surface area contributed by atoms with Gasteiger partial charge in [0.1, 0.15) is 0 Å². The predicted molar refractivity (Wildman–Crippen MR) is 68.6 cm³/mol. The number of nitrogens with one attached hydrogen (secondary N) is 1. The van der Waals surface area contributed by atoms with Gasteiger partial charge in [0.25, 0.3) is 0 Å². The lowest BCUT2D eigenvalue weighted by Crippen LogP contribution is -2.41. The van der Waals surface area contributed by atoms with Crippen LogP contribution in [0.5, 0.6) is 0 Å². The number of rotatable bonds is 4. The standard InChI is InChI=1S/C11H17F3N2O3S/c1-6(20-2)3-15-10(19)16-4-7(9(17)18)8(5-16)11(12,13)14/h6-8H,3-5H2,1-2H3,(H,15,19)(H,17,18)/t6?,7-,8-/m1/s1. The molecule has 2 N–H and O–H groups in total. The van der Waals surface area contributed by atoms with Gasteiger partial charge in [-0.05, 0) is 6.26 Å². The van der Waals surface area contributed by atoms with Gasteiger partial charge in [0.05, 0.1) is 11.8 Å². The molecule has 0 aromatic rings. The maximum Gasteiger partial charge on any atom is 0.394 e. The number of hydrogen-bond donors (Lipinski definition) is 2. The molecule has 0 aromatic heterocycles. The highest BCUT2D eigenvalue weighted by Crippen LogP contribution is 2.37. The van der Waals surface area contributed by atoms with Gasteiger partial charge in [-0.3, -0.25) is 4.79 Å². The lowest BCUT2D eigenvalue weighted by Gasteiger charge is -2.19. The molecule has 0 aromatic carbocycles. The second kappa shape index (κ2) is 6.55. The molecule has 116 valence electrons. The fourth-order valence-electron chi connectivity index (χ4n) is 1.98. The molecule has 1 aliphatic rings. The molecule has 1 aliphatic heterocycles. The normalized spacial score (nSPS) is 24.6. The van der Waals surface area contributed by atoms with Gasteiger partial charge in [0.15, 0.2) is 0 Å². The summed E-state index contributed by atoms with van der Waals surface area (Å²) in [6.45, 7) is 1.16. The van der Waals surface area contributed by atoms with E-state index in [2.05, 4.69) is 5.32 Å². The molecule has 2 amide bonds. The van der Waals surface area contributed by atoms with Crippen LogP contribution in [0.15, 0.2) is 0 Å². The number of thioether (sulfide) groups is 1. The molecule has 0 saturated carbocycles. The van der Waals surface area contributed by atoms with Crippen molar-refractivity contribution in [1.82, 2.24) is 10.2 Å². The Kier molecular flexibility index (Phi) is 5.55. The molecule has 0 spiro atoms. The molecule has 9 heteroatoms. The average Bonchev–Trinajstić information content (AvgIpc) is 2.80. The maximum absolute atomic E-state index is 12.8. The second-order valence-corrected chi connectivity index (χ2v) is 6.01. The van der Waals surface area contributed by atoms with Crippen LogP contribution in [0, 0.1) is 11.8 Å². The van der Waals surface area contributed by atoms with Crippen LogP contribution < -0.4 is 5.32 Å². The SMILES string of the molecule is CSC(C)CNC(=O)N1C[C@@H](C(F)(F)F)[C@H](C(=O)O)C1. The molecule has 1 heterocycles. The molecule has 1 rings (SSSR count). The summed E-state index contributed by atoms with van der Waals surface area (Å²) < 4.78 is 38.3. The van der Waals surface area contributed by atoms with Crippen LogP contribution >= 0.6 is 11.8 Å². The number of carboxylic acids is 1. The van der Waals surface area contributed by atoms with Crippen LogP contribution in [0.1, 0.15) is 6.92 Å².